The summed E-state index contributed by atoms with van der Waals surface area (Å²) >= 11 is 0. The third-order valence-corrected chi connectivity index (χ3v) is 4.68. The number of rotatable bonds is 8. The van der Waals surface area contributed by atoms with Gasteiger partial charge in [-0.25, -0.2) is 0 Å². The molecule has 0 fully saturated rings. The van der Waals surface area contributed by atoms with Crippen molar-refractivity contribution in [1.82, 2.24) is 5.32 Å². The Balaban J connectivity index is 0.00000392. The van der Waals surface area contributed by atoms with Crippen LogP contribution in [0, 0.1) is 5.92 Å². The van der Waals surface area contributed by atoms with Gasteiger partial charge in [0.1, 0.15) is 0 Å². The minimum atomic E-state index is -0.378. The molecule has 0 aromatic heterocycles. The van der Waals surface area contributed by atoms with Gasteiger partial charge in [0.15, 0.2) is 11.5 Å². The molecule has 0 spiro atoms. The highest BCUT2D eigenvalue weighted by molar-refractivity contribution is 5.85. The fourth-order valence-corrected chi connectivity index (χ4v) is 2.91. The van der Waals surface area contributed by atoms with Gasteiger partial charge in [0.25, 0.3) is 0 Å². The van der Waals surface area contributed by atoms with Crippen LogP contribution >= 0.6 is 12.4 Å². The number of halogens is 1. The van der Waals surface area contributed by atoms with Gasteiger partial charge in [0.05, 0.1) is 33.3 Å². The van der Waals surface area contributed by atoms with Gasteiger partial charge in [0.2, 0.25) is 11.7 Å². The quantitative estimate of drug-likeness (QED) is 0.696. The molecular weight excluding hydrogens is 380 g/mol. The molecule has 2 aromatic rings. The predicted molar refractivity (Wildman–Crippen MR) is 112 cm³/mol. The standard InChI is InChI=1S/C21H28N2O4.ClH/c1-13(19(22)15-9-7-6-8-10-15)21(24)23-14(2)16-11-17(25-3)20(27-5)18(12-16)26-4;/h6-14,19H,22H2,1-5H3,(H,23,24);1H. The molecule has 0 saturated heterocycles. The maximum atomic E-state index is 12.7. The molecule has 1 amide bonds. The van der Waals surface area contributed by atoms with Crippen molar-refractivity contribution in [2.75, 3.05) is 21.3 Å². The van der Waals surface area contributed by atoms with E-state index in [1.54, 1.807) is 21.3 Å². The highest BCUT2D eigenvalue weighted by Gasteiger charge is 2.24. The Bertz CT molecular complexity index is 745. The molecule has 0 aliphatic rings. The first-order valence-electron chi connectivity index (χ1n) is 8.83. The number of hydrogen-bond acceptors (Lipinski definition) is 5. The fraction of sp³-hybridized carbons (Fsp3) is 0.381. The van der Waals surface area contributed by atoms with Crippen LogP contribution in [0.15, 0.2) is 42.5 Å². The number of carbonyl (C=O) groups is 1. The number of amides is 1. The normalized spacial score (nSPS) is 13.5. The van der Waals surface area contributed by atoms with E-state index in [4.69, 9.17) is 19.9 Å². The minimum Gasteiger partial charge on any atom is -0.493 e. The maximum absolute atomic E-state index is 12.7. The second kappa shape index (κ2) is 10.8. The molecule has 0 bridgehead atoms. The molecule has 154 valence electrons. The molecule has 3 unspecified atom stereocenters. The lowest BCUT2D eigenvalue weighted by atomic mass is 9.94. The van der Waals surface area contributed by atoms with E-state index in [1.165, 1.54) is 0 Å². The molecule has 28 heavy (non-hydrogen) atoms. The van der Waals surface area contributed by atoms with Crippen LogP contribution in [0.5, 0.6) is 17.2 Å². The molecule has 2 aromatic carbocycles. The van der Waals surface area contributed by atoms with Crippen LogP contribution in [0.4, 0.5) is 0 Å². The molecule has 6 nitrogen and oxygen atoms in total. The van der Waals surface area contributed by atoms with Crippen molar-refractivity contribution in [1.29, 1.82) is 0 Å². The van der Waals surface area contributed by atoms with Gasteiger partial charge in [0, 0.05) is 6.04 Å². The second-order valence-electron chi connectivity index (χ2n) is 6.41. The zero-order valence-corrected chi connectivity index (χ0v) is 17.7. The summed E-state index contributed by atoms with van der Waals surface area (Å²) in [7, 11) is 4.68. The number of nitrogens with two attached hydrogens (primary N) is 1. The summed E-state index contributed by atoms with van der Waals surface area (Å²) in [5, 5.41) is 3.02. The summed E-state index contributed by atoms with van der Waals surface area (Å²) in [6, 6.07) is 12.6. The van der Waals surface area contributed by atoms with Crippen molar-refractivity contribution in [3.8, 4) is 17.2 Å². The van der Waals surface area contributed by atoms with E-state index in [0.29, 0.717) is 17.2 Å². The van der Waals surface area contributed by atoms with Gasteiger partial charge in [-0.05, 0) is 30.2 Å². The highest BCUT2D eigenvalue weighted by Crippen LogP contribution is 2.39. The van der Waals surface area contributed by atoms with Crippen LogP contribution in [0.25, 0.3) is 0 Å². The molecule has 7 heteroatoms. The summed E-state index contributed by atoms with van der Waals surface area (Å²) < 4.78 is 16.1. The Kier molecular flexibility index (Phi) is 9.09. The number of ether oxygens (including phenoxy) is 3. The third kappa shape index (κ3) is 5.30. The largest absolute Gasteiger partial charge is 0.493 e. The number of methoxy groups -OCH3 is 3. The summed E-state index contributed by atoms with van der Waals surface area (Å²) in [5.41, 5.74) is 8.04. The number of hydrogen-bond donors (Lipinski definition) is 2. The smallest absolute Gasteiger partial charge is 0.225 e. The van der Waals surface area contributed by atoms with Gasteiger partial charge in [-0.3, -0.25) is 4.79 Å². The van der Waals surface area contributed by atoms with Crippen molar-refractivity contribution >= 4 is 18.3 Å². The van der Waals surface area contributed by atoms with Crippen LogP contribution in [0.2, 0.25) is 0 Å². The van der Waals surface area contributed by atoms with E-state index in [2.05, 4.69) is 5.32 Å². The van der Waals surface area contributed by atoms with Crippen LogP contribution < -0.4 is 25.3 Å². The molecular formula is C21H29ClN2O4. The van der Waals surface area contributed by atoms with Crippen molar-refractivity contribution in [3.05, 3.63) is 53.6 Å². The molecule has 3 atom stereocenters. The van der Waals surface area contributed by atoms with Gasteiger partial charge in [-0.2, -0.15) is 0 Å². The zero-order chi connectivity index (χ0) is 20.0. The van der Waals surface area contributed by atoms with E-state index in [9.17, 15) is 4.79 Å². The summed E-state index contributed by atoms with van der Waals surface area (Å²) in [5.74, 6) is 1.11. The van der Waals surface area contributed by atoms with E-state index < -0.39 is 0 Å². The molecule has 2 rings (SSSR count). The van der Waals surface area contributed by atoms with E-state index in [-0.39, 0.29) is 36.3 Å². The lowest BCUT2D eigenvalue weighted by Gasteiger charge is -2.23. The summed E-state index contributed by atoms with van der Waals surface area (Å²) in [4.78, 5) is 12.7. The first-order valence-corrected chi connectivity index (χ1v) is 8.83. The zero-order valence-electron chi connectivity index (χ0n) is 16.9. The SMILES string of the molecule is COc1cc(C(C)NC(=O)C(C)C(N)c2ccccc2)cc(OC)c1OC.Cl. The van der Waals surface area contributed by atoms with Crippen molar-refractivity contribution < 1.29 is 19.0 Å². The first kappa shape index (κ1) is 23.6. The lowest BCUT2D eigenvalue weighted by molar-refractivity contribution is -0.125. The Hall–Kier alpha value is -2.44. The first-order chi connectivity index (χ1) is 12.9. The van der Waals surface area contributed by atoms with Crippen molar-refractivity contribution in [2.24, 2.45) is 11.7 Å². The molecule has 0 aliphatic heterocycles. The Morgan fingerprint density at radius 2 is 1.46 bits per heavy atom. The van der Waals surface area contributed by atoms with Crippen LogP contribution in [-0.2, 0) is 4.79 Å². The number of carbonyl (C=O) groups excluding carboxylic acids is 1. The van der Waals surface area contributed by atoms with Gasteiger partial charge >= 0.3 is 0 Å². The molecule has 3 N–H and O–H groups in total. The molecule has 0 radical (unpaired) electrons. The molecule has 0 heterocycles. The van der Waals surface area contributed by atoms with Crippen molar-refractivity contribution in [3.63, 3.8) is 0 Å². The van der Waals surface area contributed by atoms with Crippen LogP contribution in [-0.4, -0.2) is 27.2 Å². The Morgan fingerprint density at radius 3 is 1.93 bits per heavy atom. The van der Waals surface area contributed by atoms with Gasteiger partial charge in [-0.1, -0.05) is 37.3 Å². The summed E-state index contributed by atoms with van der Waals surface area (Å²) in [6.07, 6.45) is 0. The number of nitrogens with one attached hydrogen (secondary N) is 1. The highest BCUT2D eigenvalue weighted by atomic mass is 35.5. The van der Waals surface area contributed by atoms with E-state index in [1.807, 2.05) is 56.3 Å². The molecule has 0 saturated carbocycles. The monoisotopic (exact) mass is 408 g/mol. The lowest BCUT2D eigenvalue weighted by Crippen LogP contribution is -2.36. The maximum Gasteiger partial charge on any atom is 0.225 e. The van der Waals surface area contributed by atoms with Crippen molar-refractivity contribution in [2.45, 2.75) is 25.9 Å². The molecule has 0 aliphatic carbocycles. The summed E-state index contributed by atoms with van der Waals surface area (Å²) in [6.45, 7) is 3.73. The second-order valence-corrected chi connectivity index (χ2v) is 6.41. The Labute approximate surface area is 172 Å². The van der Waals surface area contributed by atoms with Crippen LogP contribution in [0.1, 0.15) is 37.1 Å². The van der Waals surface area contributed by atoms with Gasteiger partial charge in [-0.15, -0.1) is 12.4 Å². The fourth-order valence-electron chi connectivity index (χ4n) is 2.91. The van der Waals surface area contributed by atoms with E-state index >= 15 is 0 Å². The minimum absolute atomic E-state index is 0. The topological polar surface area (TPSA) is 82.8 Å². The third-order valence-electron chi connectivity index (χ3n) is 4.68. The average molecular weight is 409 g/mol. The number of benzene rings is 2. The van der Waals surface area contributed by atoms with Gasteiger partial charge < -0.3 is 25.3 Å². The average Bonchev–Trinajstić information content (AvgIpc) is 2.71. The van der Waals surface area contributed by atoms with E-state index in [0.717, 1.165) is 11.1 Å². The van der Waals surface area contributed by atoms with Crippen LogP contribution in [0.3, 0.4) is 0 Å². The Morgan fingerprint density at radius 1 is 0.929 bits per heavy atom. The predicted octanol–water partition coefficient (Wildman–Crippen LogP) is 3.65.